The van der Waals surface area contributed by atoms with Gasteiger partial charge < -0.3 is 5.11 Å². The number of hydrogen-bond donors (Lipinski definition) is 1. The normalized spacial score (nSPS) is 20.7. The molecule has 0 atom stereocenters. The van der Waals surface area contributed by atoms with Gasteiger partial charge in [0.2, 0.25) is 11.8 Å². The first-order valence-corrected chi connectivity index (χ1v) is 8.03. The number of amides is 2. The summed E-state index contributed by atoms with van der Waals surface area (Å²) in [7, 11) is 0. The van der Waals surface area contributed by atoms with Gasteiger partial charge in [0, 0.05) is 11.3 Å². The van der Waals surface area contributed by atoms with Gasteiger partial charge in [-0.25, -0.2) is 9.69 Å². The predicted octanol–water partition coefficient (Wildman–Crippen LogP) is 2.83. The number of aryl methyl sites for hydroxylation is 1. The minimum atomic E-state index is -1.09. The number of nitrogens with zero attached hydrogens (tertiary/aromatic N) is 1. The highest BCUT2D eigenvalue weighted by molar-refractivity contribution is 7.17. The number of carbonyl (C=O) groups excluding carboxylic acids is 2. The minimum absolute atomic E-state index is 0.0635. The lowest BCUT2D eigenvalue weighted by Crippen LogP contribution is -2.34. The van der Waals surface area contributed by atoms with E-state index < -0.39 is 11.4 Å². The zero-order valence-electron chi connectivity index (χ0n) is 11.8. The van der Waals surface area contributed by atoms with E-state index in [0.717, 1.165) is 35.5 Å². The Hall–Kier alpha value is -1.69. The maximum absolute atomic E-state index is 12.7. The van der Waals surface area contributed by atoms with Gasteiger partial charge in [0.1, 0.15) is 5.00 Å². The summed E-state index contributed by atoms with van der Waals surface area (Å²) in [6.07, 6.45) is 4.31. The van der Waals surface area contributed by atoms with E-state index in [1.165, 1.54) is 11.3 Å². The molecule has 1 aliphatic heterocycles. The minimum Gasteiger partial charge on any atom is -0.478 e. The molecule has 5 nitrogen and oxygen atoms in total. The van der Waals surface area contributed by atoms with Crippen LogP contribution in [0.15, 0.2) is 6.07 Å². The summed E-state index contributed by atoms with van der Waals surface area (Å²) in [6, 6.07) is 1.57. The Morgan fingerprint density at radius 3 is 2.62 bits per heavy atom. The van der Waals surface area contributed by atoms with Crippen molar-refractivity contribution < 1.29 is 19.5 Å². The molecule has 1 spiro atoms. The van der Waals surface area contributed by atoms with Gasteiger partial charge in [0.25, 0.3) is 0 Å². The summed E-state index contributed by atoms with van der Waals surface area (Å²) < 4.78 is 0. The molecule has 21 heavy (non-hydrogen) atoms. The summed E-state index contributed by atoms with van der Waals surface area (Å²) in [5.74, 6) is -1.54. The van der Waals surface area contributed by atoms with E-state index in [1.54, 1.807) is 6.07 Å². The molecule has 1 aliphatic carbocycles. The van der Waals surface area contributed by atoms with Crippen molar-refractivity contribution in [3.63, 3.8) is 0 Å². The molecule has 0 aromatic carbocycles. The van der Waals surface area contributed by atoms with Gasteiger partial charge in [-0.15, -0.1) is 11.3 Å². The van der Waals surface area contributed by atoms with Crippen LogP contribution in [0.1, 0.15) is 54.3 Å². The molecule has 2 aliphatic rings. The fourth-order valence-electron chi connectivity index (χ4n) is 3.37. The summed E-state index contributed by atoms with van der Waals surface area (Å²) in [4.78, 5) is 38.5. The van der Waals surface area contributed by atoms with Gasteiger partial charge in [-0.2, -0.15) is 0 Å². The molecule has 1 aromatic heterocycles. The predicted molar refractivity (Wildman–Crippen MR) is 78.7 cm³/mol. The van der Waals surface area contributed by atoms with Crippen LogP contribution in [0.3, 0.4) is 0 Å². The van der Waals surface area contributed by atoms with Crippen LogP contribution >= 0.6 is 11.3 Å². The molecule has 2 fully saturated rings. The fourth-order valence-corrected chi connectivity index (χ4v) is 4.47. The SMILES string of the molecule is CCc1cc(C(=O)O)c(N2C(=O)CC3(CCCC3)C2=O)s1. The molecule has 1 N–H and O–H groups in total. The summed E-state index contributed by atoms with van der Waals surface area (Å²) in [6.45, 7) is 1.92. The number of rotatable bonds is 3. The van der Waals surface area contributed by atoms with E-state index in [0.29, 0.717) is 6.42 Å². The molecule has 1 saturated carbocycles. The van der Waals surface area contributed by atoms with Crippen molar-refractivity contribution >= 4 is 34.1 Å². The third-order valence-electron chi connectivity index (χ3n) is 4.50. The molecule has 112 valence electrons. The van der Waals surface area contributed by atoms with Gasteiger partial charge in [0.15, 0.2) is 0 Å². The molecule has 3 rings (SSSR count). The lowest BCUT2D eigenvalue weighted by Gasteiger charge is -2.20. The third-order valence-corrected chi connectivity index (χ3v) is 5.77. The third kappa shape index (κ3) is 2.09. The molecule has 2 heterocycles. The number of anilines is 1. The zero-order chi connectivity index (χ0) is 15.2. The van der Waals surface area contributed by atoms with Gasteiger partial charge in [-0.05, 0) is 25.3 Å². The molecule has 0 radical (unpaired) electrons. The molecule has 1 aromatic rings. The first-order valence-electron chi connectivity index (χ1n) is 7.22. The van der Waals surface area contributed by atoms with E-state index in [2.05, 4.69) is 0 Å². The summed E-state index contributed by atoms with van der Waals surface area (Å²) in [5.41, 5.74) is -0.503. The molecule has 6 heteroatoms. The van der Waals surface area contributed by atoms with Crippen LogP contribution in [0.25, 0.3) is 0 Å². The lowest BCUT2D eigenvalue weighted by molar-refractivity contribution is -0.125. The highest BCUT2D eigenvalue weighted by Crippen LogP contribution is 2.49. The van der Waals surface area contributed by atoms with Crippen LogP contribution < -0.4 is 4.90 Å². The first-order chi connectivity index (χ1) is 9.98. The Balaban J connectivity index is 2.04. The van der Waals surface area contributed by atoms with Crippen molar-refractivity contribution in [2.24, 2.45) is 5.41 Å². The highest BCUT2D eigenvalue weighted by atomic mass is 32.1. The number of imide groups is 1. The first kappa shape index (κ1) is 14.3. The highest BCUT2D eigenvalue weighted by Gasteiger charge is 2.54. The average molecular weight is 307 g/mol. The van der Waals surface area contributed by atoms with E-state index in [1.807, 2.05) is 6.92 Å². The monoisotopic (exact) mass is 307 g/mol. The fraction of sp³-hybridized carbons (Fsp3) is 0.533. The molecule has 0 unspecified atom stereocenters. The maximum atomic E-state index is 12.7. The van der Waals surface area contributed by atoms with Gasteiger partial charge in [-0.1, -0.05) is 19.8 Å². The van der Waals surface area contributed by atoms with Crippen molar-refractivity contribution in [1.29, 1.82) is 0 Å². The Kier molecular flexibility index (Phi) is 3.36. The van der Waals surface area contributed by atoms with Crippen LogP contribution in [0.4, 0.5) is 5.00 Å². The molecule has 2 amide bonds. The number of carboxylic acids is 1. The number of carbonyl (C=O) groups is 3. The van der Waals surface area contributed by atoms with Crippen molar-refractivity contribution in [1.82, 2.24) is 0 Å². The second-order valence-corrected chi connectivity index (χ2v) is 6.90. The topological polar surface area (TPSA) is 74.7 Å². The molecule has 1 saturated heterocycles. The Morgan fingerprint density at radius 1 is 1.38 bits per heavy atom. The Morgan fingerprint density at radius 2 is 2.05 bits per heavy atom. The lowest BCUT2D eigenvalue weighted by atomic mass is 9.84. The molecule has 0 bridgehead atoms. The smallest absolute Gasteiger partial charge is 0.338 e. The van der Waals surface area contributed by atoms with Crippen LogP contribution in [0, 0.1) is 5.41 Å². The van der Waals surface area contributed by atoms with Crippen molar-refractivity contribution in [2.45, 2.75) is 45.4 Å². The summed E-state index contributed by atoms with van der Waals surface area (Å²) in [5, 5.41) is 9.61. The van der Waals surface area contributed by atoms with Crippen LogP contribution in [-0.4, -0.2) is 22.9 Å². The van der Waals surface area contributed by atoms with Crippen molar-refractivity contribution in [3.05, 3.63) is 16.5 Å². The number of carboxylic acid groups (broad SMARTS) is 1. The quantitative estimate of drug-likeness (QED) is 0.871. The Bertz CT molecular complexity index is 628. The Labute approximate surface area is 126 Å². The van der Waals surface area contributed by atoms with Crippen molar-refractivity contribution in [2.75, 3.05) is 4.90 Å². The van der Waals surface area contributed by atoms with Gasteiger partial charge in [-0.3, -0.25) is 9.59 Å². The zero-order valence-corrected chi connectivity index (χ0v) is 12.7. The number of aromatic carboxylic acids is 1. The average Bonchev–Trinajstić information content (AvgIpc) is 3.10. The maximum Gasteiger partial charge on any atom is 0.338 e. The largest absolute Gasteiger partial charge is 0.478 e. The van der Waals surface area contributed by atoms with E-state index in [-0.39, 0.29) is 28.8 Å². The van der Waals surface area contributed by atoms with E-state index in [9.17, 15) is 19.5 Å². The second-order valence-electron chi connectivity index (χ2n) is 5.79. The van der Waals surface area contributed by atoms with E-state index in [4.69, 9.17) is 0 Å². The van der Waals surface area contributed by atoms with Crippen LogP contribution in [0.2, 0.25) is 0 Å². The van der Waals surface area contributed by atoms with E-state index >= 15 is 0 Å². The molecular formula is C15H17NO4S. The summed E-state index contributed by atoms with van der Waals surface area (Å²) >= 11 is 1.24. The van der Waals surface area contributed by atoms with Gasteiger partial charge in [0.05, 0.1) is 11.0 Å². The molecular weight excluding hydrogens is 290 g/mol. The van der Waals surface area contributed by atoms with Crippen molar-refractivity contribution in [3.8, 4) is 0 Å². The number of thiophene rings is 1. The van der Waals surface area contributed by atoms with Crippen LogP contribution in [-0.2, 0) is 16.0 Å². The second kappa shape index (κ2) is 4.94. The van der Waals surface area contributed by atoms with Gasteiger partial charge >= 0.3 is 5.97 Å². The number of hydrogen-bond acceptors (Lipinski definition) is 4. The van der Waals surface area contributed by atoms with Crippen LogP contribution in [0.5, 0.6) is 0 Å². The standard InChI is InChI=1S/C15H17NO4S/c1-2-9-7-10(13(18)19)12(21-9)16-11(17)8-15(14(16)20)5-3-4-6-15/h7H,2-6,8H2,1H3,(H,18,19).